The molecule has 2 N–H and O–H groups in total. The van der Waals surface area contributed by atoms with Crippen LogP contribution in [0.3, 0.4) is 0 Å². The summed E-state index contributed by atoms with van der Waals surface area (Å²) in [5.74, 6) is -1.05. The summed E-state index contributed by atoms with van der Waals surface area (Å²) < 4.78 is 0.0301. The SMILES string of the molecule is O=C(O)n1[nH]c(=O)nc1[N+](=O)[O-]. The Bertz CT molecular complexity index is 353. The summed E-state index contributed by atoms with van der Waals surface area (Å²) >= 11 is 0. The molecule has 12 heavy (non-hydrogen) atoms. The van der Waals surface area contributed by atoms with E-state index in [1.807, 2.05) is 0 Å². The fourth-order valence-electron chi connectivity index (χ4n) is 0.567. The quantitative estimate of drug-likeness (QED) is 0.414. The predicted octanol–water partition coefficient (Wildman–Crippen LogP) is -0.994. The summed E-state index contributed by atoms with van der Waals surface area (Å²) in [6.07, 6.45) is -1.67. The van der Waals surface area contributed by atoms with Gasteiger partial charge in [0.25, 0.3) is 0 Å². The number of nitrogens with zero attached hydrogens (tertiary/aromatic N) is 3. The summed E-state index contributed by atoms with van der Waals surface area (Å²) in [7, 11) is 0. The first-order chi connectivity index (χ1) is 5.52. The van der Waals surface area contributed by atoms with Gasteiger partial charge in [0.2, 0.25) is 0 Å². The van der Waals surface area contributed by atoms with Crippen molar-refractivity contribution in [2.75, 3.05) is 0 Å². The number of hydrogen-bond acceptors (Lipinski definition) is 5. The number of aromatic amines is 1. The van der Waals surface area contributed by atoms with E-state index in [-0.39, 0.29) is 4.68 Å². The molecule has 0 aliphatic heterocycles. The second kappa shape index (κ2) is 2.45. The monoisotopic (exact) mass is 174 g/mol. The number of aromatic nitrogens is 3. The van der Waals surface area contributed by atoms with E-state index in [0.29, 0.717) is 0 Å². The maximum atomic E-state index is 10.4. The average molecular weight is 174 g/mol. The van der Waals surface area contributed by atoms with Gasteiger partial charge in [-0.15, -0.1) is 0 Å². The zero-order valence-electron chi connectivity index (χ0n) is 5.42. The number of carboxylic acid groups (broad SMARTS) is 1. The third-order valence-electron chi connectivity index (χ3n) is 0.964. The molecule has 9 heteroatoms. The molecule has 0 bridgehead atoms. The van der Waals surface area contributed by atoms with Gasteiger partial charge in [0.15, 0.2) is 0 Å². The lowest BCUT2D eigenvalue weighted by molar-refractivity contribution is -0.396. The largest absolute Gasteiger partial charge is 0.499 e. The van der Waals surface area contributed by atoms with Crippen LogP contribution in [0.5, 0.6) is 0 Å². The van der Waals surface area contributed by atoms with Gasteiger partial charge in [-0.25, -0.2) is 9.59 Å². The van der Waals surface area contributed by atoms with Crippen LogP contribution in [0.15, 0.2) is 4.79 Å². The van der Waals surface area contributed by atoms with Crippen LogP contribution in [-0.4, -0.2) is 30.9 Å². The zero-order chi connectivity index (χ0) is 9.30. The van der Waals surface area contributed by atoms with Crippen molar-refractivity contribution in [2.45, 2.75) is 0 Å². The van der Waals surface area contributed by atoms with Crippen LogP contribution in [0.25, 0.3) is 0 Å². The molecular weight excluding hydrogens is 172 g/mol. The Morgan fingerprint density at radius 2 is 2.33 bits per heavy atom. The molecule has 0 radical (unpaired) electrons. The molecule has 0 unspecified atom stereocenters. The molecule has 0 saturated heterocycles. The van der Waals surface area contributed by atoms with E-state index in [1.54, 1.807) is 5.10 Å². The molecule has 0 aliphatic rings. The standard InChI is InChI=1S/C3H2N4O5/c8-1-4-2(7(11)12)6(5-1)3(9)10/h(H,5,8)(H,9,10). The van der Waals surface area contributed by atoms with Gasteiger partial charge in [0.1, 0.15) is 0 Å². The van der Waals surface area contributed by atoms with Crippen molar-refractivity contribution in [1.29, 1.82) is 0 Å². The average Bonchev–Trinajstić information content (AvgIpc) is 2.31. The van der Waals surface area contributed by atoms with E-state index in [0.717, 1.165) is 0 Å². The topological polar surface area (TPSA) is 131 Å². The third-order valence-corrected chi connectivity index (χ3v) is 0.964. The summed E-state index contributed by atoms with van der Waals surface area (Å²) in [6, 6.07) is 0. The second-order valence-corrected chi connectivity index (χ2v) is 1.70. The van der Waals surface area contributed by atoms with Crippen LogP contribution < -0.4 is 5.69 Å². The van der Waals surface area contributed by atoms with Gasteiger partial charge in [-0.05, 0) is 14.6 Å². The van der Waals surface area contributed by atoms with Crippen molar-refractivity contribution in [3.8, 4) is 0 Å². The lowest BCUT2D eigenvalue weighted by atomic mass is 11.0. The lowest BCUT2D eigenvalue weighted by Crippen LogP contribution is -2.14. The minimum Gasteiger partial charge on any atom is -0.451 e. The normalized spacial score (nSPS) is 9.67. The van der Waals surface area contributed by atoms with E-state index < -0.39 is 22.7 Å². The second-order valence-electron chi connectivity index (χ2n) is 1.70. The van der Waals surface area contributed by atoms with Gasteiger partial charge in [-0.1, -0.05) is 0 Å². The number of rotatable bonds is 1. The molecule has 64 valence electrons. The Balaban J connectivity index is 3.36. The van der Waals surface area contributed by atoms with Crippen molar-refractivity contribution in [2.24, 2.45) is 0 Å². The van der Waals surface area contributed by atoms with E-state index >= 15 is 0 Å². The number of nitrogens with one attached hydrogen (secondary N) is 1. The van der Waals surface area contributed by atoms with Gasteiger partial charge in [0.05, 0.1) is 0 Å². The highest BCUT2D eigenvalue weighted by Crippen LogP contribution is 2.00. The van der Waals surface area contributed by atoms with Crippen LogP contribution in [0.1, 0.15) is 0 Å². The van der Waals surface area contributed by atoms with E-state index in [4.69, 9.17) is 5.11 Å². The Morgan fingerprint density at radius 3 is 2.67 bits per heavy atom. The van der Waals surface area contributed by atoms with Crippen LogP contribution in [0.2, 0.25) is 0 Å². The fourth-order valence-corrected chi connectivity index (χ4v) is 0.567. The molecule has 1 aromatic heterocycles. The molecule has 0 aliphatic carbocycles. The molecule has 0 spiro atoms. The Labute approximate surface area is 63.4 Å². The Morgan fingerprint density at radius 1 is 1.75 bits per heavy atom. The van der Waals surface area contributed by atoms with E-state index in [1.165, 1.54) is 0 Å². The van der Waals surface area contributed by atoms with E-state index in [9.17, 15) is 19.7 Å². The molecule has 0 fully saturated rings. The first-order valence-corrected chi connectivity index (χ1v) is 2.59. The van der Waals surface area contributed by atoms with Crippen molar-refractivity contribution in [3.63, 3.8) is 0 Å². The van der Waals surface area contributed by atoms with Gasteiger partial charge in [-0.2, -0.15) is 5.10 Å². The van der Waals surface area contributed by atoms with Crippen LogP contribution >= 0.6 is 0 Å². The molecule has 0 saturated carbocycles. The van der Waals surface area contributed by atoms with Crippen LogP contribution in [0, 0.1) is 10.1 Å². The Kier molecular flexibility index (Phi) is 1.62. The number of hydrogen-bond donors (Lipinski definition) is 2. The molecular formula is C3H2N4O5. The van der Waals surface area contributed by atoms with Crippen molar-refractivity contribution >= 4 is 12.0 Å². The van der Waals surface area contributed by atoms with Crippen molar-refractivity contribution in [1.82, 2.24) is 14.8 Å². The van der Waals surface area contributed by atoms with Gasteiger partial charge in [0, 0.05) is 0 Å². The maximum absolute atomic E-state index is 10.4. The summed E-state index contributed by atoms with van der Waals surface area (Å²) in [6.45, 7) is 0. The molecule has 1 aromatic rings. The summed E-state index contributed by atoms with van der Waals surface area (Å²) in [5.41, 5.74) is -1.08. The summed E-state index contributed by atoms with van der Waals surface area (Å²) in [5, 5.41) is 20.0. The molecule has 1 rings (SSSR count). The van der Waals surface area contributed by atoms with Crippen molar-refractivity contribution in [3.05, 3.63) is 20.6 Å². The molecule has 0 aromatic carbocycles. The van der Waals surface area contributed by atoms with E-state index in [2.05, 4.69) is 4.98 Å². The lowest BCUT2D eigenvalue weighted by Gasteiger charge is -1.90. The highest BCUT2D eigenvalue weighted by Gasteiger charge is 2.23. The molecule has 0 atom stereocenters. The maximum Gasteiger partial charge on any atom is 0.499 e. The third kappa shape index (κ3) is 1.14. The molecule has 9 nitrogen and oxygen atoms in total. The minimum atomic E-state index is -1.67. The zero-order valence-corrected chi connectivity index (χ0v) is 5.42. The number of nitro groups is 1. The van der Waals surface area contributed by atoms with Crippen LogP contribution in [-0.2, 0) is 0 Å². The first kappa shape index (κ1) is 7.91. The molecule has 1 heterocycles. The highest BCUT2D eigenvalue weighted by atomic mass is 16.6. The highest BCUT2D eigenvalue weighted by molar-refractivity contribution is 5.68. The smallest absolute Gasteiger partial charge is 0.451 e. The Hall–Kier alpha value is -2.19. The van der Waals surface area contributed by atoms with Crippen LogP contribution in [0.4, 0.5) is 10.7 Å². The number of H-pyrrole nitrogens is 1. The summed E-state index contributed by atoms with van der Waals surface area (Å²) in [4.78, 5) is 32.3. The predicted molar refractivity (Wildman–Crippen MR) is 32.9 cm³/mol. The van der Waals surface area contributed by atoms with Crippen molar-refractivity contribution < 1.29 is 14.8 Å². The first-order valence-electron chi connectivity index (χ1n) is 2.59. The fraction of sp³-hybridized carbons (Fsp3) is 0. The minimum absolute atomic E-state index is 0.0301. The van der Waals surface area contributed by atoms with Gasteiger partial charge in [-0.3, -0.25) is 0 Å². The van der Waals surface area contributed by atoms with Gasteiger partial charge >= 0.3 is 17.7 Å². The van der Waals surface area contributed by atoms with Gasteiger partial charge < -0.3 is 15.2 Å². The molecule has 0 amide bonds. The number of carbonyl (C=O) groups is 1.